The summed E-state index contributed by atoms with van der Waals surface area (Å²) in [7, 11) is 0. The smallest absolute Gasteiger partial charge is 0.341 e. The van der Waals surface area contributed by atoms with Crippen LogP contribution in [0.2, 0.25) is 0 Å². The van der Waals surface area contributed by atoms with Crippen LogP contribution < -0.4 is 15.6 Å². The van der Waals surface area contributed by atoms with Gasteiger partial charge in [0.15, 0.2) is 5.82 Å². The molecule has 2 heterocycles. The number of hydrogen-bond donors (Lipinski definition) is 2. The fourth-order valence-corrected chi connectivity index (χ4v) is 4.00. The monoisotopic (exact) mass is 423 g/mol. The highest BCUT2D eigenvalue weighted by Gasteiger charge is 2.37. The SMILES string of the molecule is CC(=O)NC[C@@H]1CN(c2c(F)cc3c(=O)c(C(=O)O)cn(C4CC4)c3c2F)C[C@@H]1F. The summed E-state index contributed by atoms with van der Waals surface area (Å²) in [5.74, 6) is -4.51. The number of aromatic carboxylic acids is 1. The van der Waals surface area contributed by atoms with Gasteiger partial charge in [-0.2, -0.15) is 0 Å². The molecule has 0 bridgehead atoms. The molecule has 10 heteroatoms. The topological polar surface area (TPSA) is 91.6 Å². The molecule has 2 fully saturated rings. The van der Waals surface area contributed by atoms with Crippen molar-refractivity contribution in [2.45, 2.75) is 32.0 Å². The Hall–Kier alpha value is -3.04. The molecule has 0 unspecified atom stereocenters. The van der Waals surface area contributed by atoms with Crippen LogP contribution in [0.15, 0.2) is 17.1 Å². The number of halogens is 3. The molecular formula is C20H20F3N3O4. The van der Waals surface area contributed by atoms with Gasteiger partial charge in [-0.15, -0.1) is 0 Å². The molecule has 7 nitrogen and oxygen atoms in total. The van der Waals surface area contributed by atoms with Gasteiger partial charge in [0, 0.05) is 44.7 Å². The van der Waals surface area contributed by atoms with E-state index in [-0.39, 0.29) is 42.5 Å². The van der Waals surface area contributed by atoms with Crippen molar-refractivity contribution in [2.75, 3.05) is 24.5 Å². The van der Waals surface area contributed by atoms with Crippen LogP contribution in [0.25, 0.3) is 10.9 Å². The number of anilines is 1. The van der Waals surface area contributed by atoms with Crippen LogP contribution in [-0.2, 0) is 4.79 Å². The second-order valence-electron chi connectivity index (χ2n) is 7.85. The van der Waals surface area contributed by atoms with E-state index in [1.165, 1.54) is 16.4 Å². The molecule has 0 radical (unpaired) electrons. The molecule has 30 heavy (non-hydrogen) atoms. The largest absolute Gasteiger partial charge is 0.477 e. The first kappa shape index (κ1) is 20.2. The van der Waals surface area contributed by atoms with Gasteiger partial charge in [0.1, 0.15) is 23.2 Å². The lowest BCUT2D eigenvalue weighted by Gasteiger charge is -2.22. The minimum absolute atomic E-state index is 0.0122. The van der Waals surface area contributed by atoms with E-state index in [2.05, 4.69) is 5.32 Å². The molecule has 2 aliphatic rings. The van der Waals surface area contributed by atoms with Crippen LogP contribution in [0, 0.1) is 17.6 Å². The normalized spacial score (nSPS) is 21.3. The first-order valence-electron chi connectivity index (χ1n) is 9.62. The van der Waals surface area contributed by atoms with Gasteiger partial charge in [-0.3, -0.25) is 9.59 Å². The summed E-state index contributed by atoms with van der Waals surface area (Å²) in [6.45, 7) is 1.07. The van der Waals surface area contributed by atoms with Crippen LogP contribution in [0.3, 0.4) is 0 Å². The van der Waals surface area contributed by atoms with Crippen LogP contribution >= 0.6 is 0 Å². The van der Waals surface area contributed by atoms with Gasteiger partial charge in [-0.1, -0.05) is 0 Å². The Bertz CT molecular complexity index is 1110. The molecule has 160 valence electrons. The van der Waals surface area contributed by atoms with Crippen molar-refractivity contribution in [3.8, 4) is 0 Å². The van der Waals surface area contributed by atoms with E-state index >= 15 is 4.39 Å². The number of nitrogens with one attached hydrogen (secondary N) is 1. The zero-order valence-corrected chi connectivity index (χ0v) is 16.1. The molecule has 1 saturated carbocycles. The number of carboxylic acid groups (broad SMARTS) is 1. The quantitative estimate of drug-likeness (QED) is 0.770. The lowest BCUT2D eigenvalue weighted by atomic mass is 10.1. The van der Waals surface area contributed by atoms with Gasteiger partial charge >= 0.3 is 5.97 Å². The van der Waals surface area contributed by atoms with Crippen molar-refractivity contribution in [2.24, 2.45) is 5.92 Å². The summed E-state index contributed by atoms with van der Waals surface area (Å²) >= 11 is 0. The Morgan fingerprint density at radius 1 is 1.27 bits per heavy atom. The lowest BCUT2D eigenvalue weighted by Crippen LogP contribution is -2.32. The number of carbonyl (C=O) groups is 2. The number of benzene rings is 1. The van der Waals surface area contributed by atoms with Gasteiger partial charge in [-0.25, -0.2) is 18.0 Å². The van der Waals surface area contributed by atoms with Crippen molar-refractivity contribution >= 4 is 28.5 Å². The van der Waals surface area contributed by atoms with Gasteiger partial charge in [0.2, 0.25) is 11.3 Å². The van der Waals surface area contributed by atoms with E-state index in [9.17, 15) is 28.3 Å². The number of carboxylic acids is 1. The summed E-state index contributed by atoms with van der Waals surface area (Å²) in [4.78, 5) is 36.2. The molecule has 1 saturated heterocycles. The minimum Gasteiger partial charge on any atom is -0.477 e. The Balaban J connectivity index is 1.82. The number of aromatic nitrogens is 1. The van der Waals surface area contributed by atoms with Crippen LogP contribution in [0.1, 0.15) is 36.2 Å². The third-order valence-electron chi connectivity index (χ3n) is 5.65. The highest BCUT2D eigenvalue weighted by atomic mass is 19.1. The van der Waals surface area contributed by atoms with Crippen molar-refractivity contribution in [3.05, 3.63) is 39.7 Å². The van der Waals surface area contributed by atoms with E-state index in [0.29, 0.717) is 12.8 Å². The fourth-order valence-electron chi connectivity index (χ4n) is 4.00. The van der Waals surface area contributed by atoms with Gasteiger partial charge < -0.3 is 19.9 Å². The average molecular weight is 423 g/mol. The van der Waals surface area contributed by atoms with Crippen LogP contribution in [-0.4, -0.2) is 47.4 Å². The molecule has 1 aliphatic heterocycles. The second-order valence-corrected chi connectivity index (χ2v) is 7.85. The standard InChI is InChI=1S/C20H20F3N3O4/c1-9(27)24-5-10-6-25(8-15(10)22)18-14(21)4-12-17(16(18)23)26(11-2-3-11)7-13(19(12)28)20(29)30/h4,7,10-11,15H,2-3,5-6,8H2,1H3,(H,24,27)(H,29,30)/t10-,15+/m1/s1. The van der Waals surface area contributed by atoms with E-state index in [1.807, 2.05) is 0 Å². The average Bonchev–Trinajstić information content (AvgIpc) is 3.44. The summed E-state index contributed by atoms with van der Waals surface area (Å²) < 4.78 is 46.2. The minimum atomic E-state index is -1.47. The zero-order chi connectivity index (χ0) is 21.7. The molecule has 1 amide bonds. The number of carbonyl (C=O) groups excluding carboxylic acids is 1. The first-order chi connectivity index (χ1) is 14.2. The third kappa shape index (κ3) is 3.40. The second kappa shape index (κ2) is 7.33. The van der Waals surface area contributed by atoms with Crippen LogP contribution in [0.4, 0.5) is 18.9 Å². The Morgan fingerprint density at radius 3 is 2.57 bits per heavy atom. The van der Waals surface area contributed by atoms with Crippen molar-refractivity contribution < 1.29 is 27.9 Å². The summed E-state index contributed by atoms with van der Waals surface area (Å²) in [6.07, 6.45) is 1.05. The molecule has 2 N–H and O–H groups in total. The zero-order valence-electron chi connectivity index (χ0n) is 16.1. The molecule has 2 aromatic rings. The molecule has 0 spiro atoms. The van der Waals surface area contributed by atoms with E-state index in [1.54, 1.807) is 0 Å². The van der Waals surface area contributed by atoms with E-state index in [0.717, 1.165) is 12.3 Å². The predicted molar refractivity (Wildman–Crippen MR) is 103 cm³/mol. The Kier molecular flexibility index (Phi) is 4.95. The maximum atomic E-state index is 15.5. The van der Waals surface area contributed by atoms with Gasteiger partial charge in [-0.05, 0) is 18.9 Å². The number of rotatable bonds is 5. The molecular weight excluding hydrogens is 403 g/mol. The van der Waals surface area contributed by atoms with Gasteiger partial charge in [0.25, 0.3) is 0 Å². The molecule has 4 rings (SSSR count). The summed E-state index contributed by atoms with van der Waals surface area (Å²) in [6, 6.07) is 0.648. The van der Waals surface area contributed by atoms with Crippen molar-refractivity contribution in [3.63, 3.8) is 0 Å². The number of fused-ring (bicyclic) bond motifs is 1. The van der Waals surface area contributed by atoms with Gasteiger partial charge in [0.05, 0.1) is 10.9 Å². The van der Waals surface area contributed by atoms with Crippen molar-refractivity contribution in [1.29, 1.82) is 0 Å². The number of amides is 1. The summed E-state index contributed by atoms with van der Waals surface area (Å²) in [5.41, 5.74) is -2.15. The number of pyridine rings is 1. The predicted octanol–water partition coefficient (Wildman–Crippen LogP) is 2.22. The third-order valence-corrected chi connectivity index (χ3v) is 5.65. The highest BCUT2D eigenvalue weighted by Crippen LogP contribution is 2.40. The summed E-state index contributed by atoms with van der Waals surface area (Å²) in [5, 5.41) is 11.4. The van der Waals surface area contributed by atoms with E-state index < -0.39 is 46.4 Å². The van der Waals surface area contributed by atoms with Crippen molar-refractivity contribution in [1.82, 2.24) is 9.88 Å². The maximum Gasteiger partial charge on any atom is 0.341 e. The first-order valence-corrected chi connectivity index (χ1v) is 9.62. The Morgan fingerprint density at radius 2 is 1.97 bits per heavy atom. The lowest BCUT2D eigenvalue weighted by molar-refractivity contribution is -0.119. The highest BCUT2D eigenvalue weighted by molar-refractivity contribution is 5.94. The molecule has 1 aromatic carbocycles. The van der Waals surface area contributed by atoms with E-state index in [4.69, 9.17) is 0 Å². The molecule has 1 aliphatic carbocycles. The number of hydrogen-bond acceptors (Lipinski definition) is 4. The number of nitrogens with zero attached hydrogens (tertiary/aromatic N) is 2. The molecule has 2 atom stereocenters. The maximum absolute atomic E-state index is 15.5. The Labute approximate surface area is 169 Å². The number of alkyl halides is 1. The molecule has 1 aromatic heterocycles. The van der Waals surface area contributed by atoms with Crippen LogP contribution in [0.5, 0.6) is 0 Å². The fraction of sp³-hybridized carbons (Fsp3) is 0.450.